The SMILES string of the molecule is CC/C=C\C/C=C\C/C=C\C/C=C\C/C=C\C/C=C\C/C=C\C/C=C\CCCCC(=O)OCC(COC(=O)CCCCCCC/C=C\CCCC)OC(=O)CCCCCCCCCCCCCCCC/C=C\C/C=C\C/C=C\C/C=C\CC. The minimum atomic E-state index is -0.808. The van der Waals surface area contributed by atoms with Crippen molar-refractivity contribution in [2.24, 2.45) is 0 Å². The maximum absolute atomic E-state index is 12.9. The molecule has 0 bridgehead atoms. The van der Waals surface area contributed by atoms with E-state index in [2.05, 4.69) is 179 Å². The number of unbranched alkanes of at least 4 members (excludes halogenated alkanes) is 23. The Morgan fingerprint density at radius 1 is 0.253 bits per heavy atom. The van der Waals surface area contributed by atoms with Crippen molar-refractivity contribution in [3.63, 3.8) is 0 Å². The number of rotatable bonds is 60. The Kier molecular flexibility index (Phi) is 65.4. The molecule has 0 saturated heterocycles. The Bertz CT molecular complexity index is 1840. The molecule has 0 rings (SSSR count). The molecule has 0 aromatic heterocycles. The van der Waals surface area contributed by atoms with E-state index in [1.165, 1.54) is 103 Å². The average Bonchev–Trinajstić information content (AvgIpc) is 3.48. The van der Waals surface area contributed by atoms with Gasteiger partial charge in [-0.3, -0.25) is 14.4 Å². The van der Waals surface area contributed by atoms with Crippen LogP contribution in [0.2, 0.25) is 0 Å². The van der Waals surface area contributed by atoms with Crippen molar-refractivity contribution in [1.29, 1.82) is 0 Å². The predicted octanol–water partition coefficient (Wildman–Crippen LogP) is 23.7. The first-order chi connectivity index (χ1) is 41.0. The van der Waals surface area contributed by atoms with Crippen molar-refractivity contribution >= 4 is 17.9 Å². The lowest BCUT2D eigenvalue weighted by Crippen LogP contribution is -2.30. The molecule has 0 spiro atoms. The lowest BCUT2D eigenvalue weighted by atomic mass is 10.0. The van der Waals surface area contributed by atoms with Crippen LogP contribution in [0.15, 0.2) is 158 Å². The van der Waals surface area contributed by atoms with Gasteiger partial charge in [-0.1, -0.05) is 288 Å². The number of hydrogen-bond acceptors (Lipinski definition) is 6. The van der Waals surface area contributed by atoms with Crippen molar-refractivity contribution in [2.45, 2.75) is 297 Å². The van der Waals surface area contributed by atoms with Gasteiger partial charge in [0.2, 0.25) is 0 Å². The maximum atomic E-state index is 12.9. The largest absolute Gasteiger partial charge is 0.462 e. The molecule has 0 fully saturated rings. The molecular weight excluding hydrogens is 1020 g/mol. The van der Waals surface area contributed by atoms with E-state index in [1.54, 1.807) is 0 Å². The molecule has 83 heavy (non-hydrogen) atoms. The minimum absolute atomic E-state index is 0.101. The second-order valence-corrected chi connectivity index (χ2v) is 22.0. The Hall–Kier alpha value is -4.97. The van der Waals surface area contributed by atoms with E-state index in [9.17, 15) is 14.4 Å². The number of hydrogen-bond donors (Lipinski definition) is 0. The molecule has 6 heteroatoms. The maximum Gasteiger partial charge on any atom is 0.306 e. The third-order valence-corrected chi connectivity index (χ3v) is 14.0. The zero-order chi connectivity index (χ0) is 59.9. The summed E-state index contributed by atoms with van der Waals surface area (Å²) in [5, 5.41) is 0. The van der Waals surface area contributed by atoms with Gasteiger partial charge < -0.3 is 14.2 Å². The number of allylic oxidation sites excluding steroid dienone is 26. The van der Waals surface area contributed by atoms with Crippen molar-refractivity contribution in [2.75, 3.05) is 13.2 Å². The Morgan fingerprint density at radius 3 is 0.771 bits per heavy atom. The number of esters is 3. The van der Waals surface area contributed by atoms with E-state index in [0.29, 0.717) is 25.7 Å². The molecule has 0 radical (unpaired) electrons. The fraction of sp³-hybridized carbons (Fsp3) is 0.623. The van der Waals surface area contributed by atoms with Gasteiger partial charge in [-0.15, -0.1) is 0 Å². The summed E-state index contributed by atoms with van der Waals surface area (Å²) in [6.07, 6.45) is 101. The van der Waals surface area contributed by atoms with E-state index >= 15 is 0 Å². The van der Waals surface area contributed by atoms with Gasteiger partial charge in [0.1, 0.15) is 13.2 Å². The summed E-state index contributed by atoms with van der Waals surface area (Å²) in [6.45, 7) is 6.34. The second-order valence-electron chi connectivity index (χ2n) is 22.0. The molecule has 1 atom stereocenters. The average molecular weight is 1150 g/mol. The summed E-state index contributed by atoms with van der Waals surface area (Å²) in [4.78, 5) is 38.3. The van der Waals surface area contributed by atoms with Crippen LogP contribution in [0.1, 0.15) is 290 Å². The lowest BCUT2D eigenvalue weighted by Gasteiger charge is -2.18. The highest BCUT2D eigenvalue weighted by Crippen LogP contribution is 2.16. The zero-order valence-corrected chi connectivity index (χ0v) is 53.7. The van der Waals surface area contributed by atoms with Crippen molar-refractivity contribution in [1.82, 2.24) is 0 Å². The summed E-state index contributed by atoms with van der Waals surface area (Å²) in [5.74, 6) is -0.956. The van der Waals surface area contributed by atoms with Crippen LogP contribution in [-0.4, -0.2) is 37.2 Å². The molecule has 0 saturated carbocycles. The van der Waals surface area contributed by atoms with Gasteiger partial charge in [0.15, 0.2) is 6.10 Å². The molecule has 0 aromatic carbocycles. The fourth-order valence-electron chi connectivity index (χ4n) is 8.96. The van der Waals surface area contributed by atoms with Crippen molar-refractivity contribution in [3.05, 3.63) is 158 Å². The van der Waals surface area contributed by atoms with Gasteiger partial charge in [0.05, 0.1) is 0 Å². The lowest BCUT2D eigenvalue weighted by molar-refractivity contribution is -0.167. The fourth-order valence-corrected chi connectivity index (χ4v) is 8.96. The molecule has 0 aliphatic rings. The molecule has 468 valence electrons. The highest BCUT2D eigenvalue weighted by atomic mass is 16.6. The van der Waals surface area contributed by atoms with Crippen LogP contribution in [0.25, 0.3) is 0 Å². The van der Waals surface area contributed by atoms with Crippen LogP contribution in [-0.2, 0) is 28.6 Å². The smallest absolute Gasteiger partial charge is 0.306 e. The minimum Gasteiger partial charge on any atom is -0.462 e. The first kappa shape index (κ1) is 78.0. The van der Waals surface area contributed by atoms with Crippen LogP contribution >= 0.6 is 0 Å². The first-order valence-corrected chi connectivity index (χ1v) is 34.0. The molecule has 6 nitrogen and oxygen atoms in total. The van der Waals surface area contributed by atoms with E-state index in [4.69, 9.17) is 14.2 Å². The van der Waals surface area contributed by atoms with Crippen LogP contribution in [0.3, 0.4) is 0 Å². The van der Waals surface area contributed by atoms with E-state index in [-0.39, 0.29) is 31.1 Å². The normalized spacial score (nSPS) is 13.1. The van der Waals surface area contributed by atoms with Gasteiger partial charge in [0, 0.05) is 19.3 Å². The topological polar surface area (TPSA) is 78.9 Å². The van der Waals surface area contributed by atoms with Gasteiger partial charge in [-0.2, -0.15) is 0 Å². The van der Waals surface area contributed by atoms with Crippen LogP contribution in [0.4, 0.5) is 0 Å². The molecule has 1 unspecified atom stereocenters. The quantitative estimate of drug-likeness (QED) is 0.0261. The van der Waals surface area contributed by atoms with Crippen LogP contribution in [0, 0.1) is 0 Å². The number of carbonyl (C=O) groups excluding carboxylic acids is 3. The summed E-state index contributed by atoms with van der Waals surface area (Å²) >= 11 is 0. The van der Waals surface area contributed by atoms with Gasteiger partial charge >= 0.3 is 17.9 Å². The van der Waals surface area contributed by atoms with Crippen LogP contribution in [0.5, 0.6) is 0 Å². The van der Waals surface area contributed by atoms with E-state index in [0.717, 1.165) is 141 Å². The first-order valence-electron chi connectivity index (χ1n) is 34.0. The third kappa shape index (κ3) is 67.7. The Balaban J connectivity index is 4.36. The molecular formula is C77H124O6. The molecule has 0 aromatic rings. The van der Waals surface area contributed by atoms with Gasteiger partial charge in [-0.25, -0.2) is 0 Å². The monoisotopic (exact) mass is 1140 g/mol. The summed E-state index contributed by atoms with van der Waals surface area (Å²) in [7, 11) is 0. The summed E-state index contributed by atoms with van der Waals surface area (Å²) in [5.41, 5.74) is 0. The molecule has 0 heterocycles. The number of ether oxygens (including phenoxy) is 3. The third-order valence-electron chi connectivity index (χ3n) is 14.0. The zero-order valence-electron chi connectivity index (χ0n) is 53.7. The van der Waals surface area contributed by atoms with Gasteiger partial charge in [-0.05, 0) is 141 Å². The number of carbonyl (C=O) groups is 3. The summed E-state index contributed by atoms with van der Waals surface area (Å²) < 4.78 is 16.9. The molecule has 0 aliphatic heterocycles. The van der Waals surface area contributed by atoms with E-state index in [1.807, 2.05) is 0 Å². The second kappa shape index (κ2) is 69.5. The molecule has 0 amide bonds. The highest BCUT2D eigenvalue weighted by molar-refractivity contribution is 5.71. The van der Waals surface area contributed by atoms with Crippen LogP contribution < -0.4 is 0 Å². The molecule has 0 N–H and O–H groups in total. The molecule has 0 aliphatic carbocycles. The van der Waals surface area contributed by atoms with Crippen molar-refractivity contribution < 1.29 is 28.6 Å². The standard InChI is InChI=1S/C77H124O6/c1-4-7-10-13-16-19-22-24-26-28-30-32-34-36-38-40-42-44-46-48-50-52-55-58-61-64-67-70-76(79)82-73-74(72-81-75(78)69-66-63-60-57-54-21-18-15-12-9-6-3)83-77(80)71-68-65-62-59-56-53-51-49-47-45-43-41-39-37-35-33-31-29-27-25-23-20-17-14-11-8-5-2/h7-8,10-11,15-20,24-27,30-33,36,38,42,44,48,50,55,58,74H,4-6,9,12-14,21-23,28-29,34-35,37,39-41,43,45-47,49,51-54,56-57,59-73H2,1-3H3/b10-7-,11-8-,18-15-,19-16-,20-17-,26-24-,27-25-,32-30-,33-31-,38-36-,44-42-,50-48-,58-55-. The Morgan fingerprint density at radius 2 is 0.470 bits per heavy atom. The Labute approximate surface area is 511 Å². The predicted molar refractivity (Wildman–Crippen MR) is 362 cm³/mol. The van der Waals surface area contributed by atoms with Crippen molar-refractivity contribution in [3.8, 4) is 0 Å². The summed E-state index contributed by atoms with van der Waals surface area (Å²) in [6, 6.07) is 0. The highest BCUT2D eigenvalue weighted by Gasteiger charge is 2.19. The van der Waals surface area contributed by atoms with Gasteiger partial charge in [0.25, 0.3) is 0 Å². The van der Waals surface area contributed by atoms with E-state index < -0.39 is 6.10 Å².